The number of nitrogens with zero attached hydrogens (tertiary/aromatic N) is 2. The molecule has 2 aromatic rings. The van der Waals surface area contributed by atoms with Gasteiger partial charge in [-0.1, -0.05) is 37.6 Å². The number of rotatable bonds is 3. The fourth-order valence-electron chi connectivity index (χ4n) is 1.81. The summed E-state index contributed by atoms with van der Waals surface area (Å²) in [7, 11) is 0. The first-order valence-electron chi connectivity index (χ1n) is 5.53. The zero-order valence-electron chi connectivity index (χ0n) is 9.82. The van der Waals surface area contributed by atoms with Crippen molar-refractivity contribution in [2.75, 3.05) is 0 Å². The van der Waals surface area contributed by atoms with Crippen LogP contribution in [0.3, 0.4) is 0 Å². The van der Waals surface area contributed by atoms with Crippen molar-refractivity contribution in [1.82, 2.24) is 9.55 Å². The summed E-state index contributed by atoms with van der Waals surface area (Å²) in [5.41, 5.74) is 0.581. The molecule has 0 radical (unpaired) electrons. The number of aromatic nitrogens is 2. The van der Waals surface area contributed by atoms with Crippen molar-refractivity contribution >= 4 is 11.6 Å². The van der Waals surface area contributed by atoms with Crippen LogP contribution < -0.4 is 0 Å². The molecule has 0 saturated carbocycles. The topological polar surface area (TPSA) is 17.8 Å². The van der Waals surface area contributed by atoms with Gasteiger partial charge in [0.15, 0.2) is 0 Å². The summed E-state index contributed by atoms with van der Waals surface area (Å²) >= 11 is 5.76. The molecule has 1 aromatic carbocycles. The van der Waals surface area contributed by atoms with E-state index in [0.717, 1.165) is 5.82 Å². The SMILES string of the molecule is CC(C)c1nccn1Cc1cccc(Cl)c1F. The zero-order chi connectivity index (χ0) is 12.4. The highest BCUT2D eigenvalue weighted by atomic mass is 35.5. The van der Waals surface area contributed by atoms with Crippen LogP contribution in [0.4, 0.5) is 4.39 Å². The molecule has 0 amide bonds. The van der Waals surface area contributed by atoms with E-state index < -0.39 is 0 Å². The molecular weight excluding hydrogens is 239 g/mol. The maximum Gasteiger partial charge on any atom is 0.146 e. The van der Waals surface area contributed by atoms with Gasteiger partial charge in [0, 0.05) is 23.9 Å². The van der Waals surface area contributed by atoms with Crippen LogP contribution in [-0.2, 0) is 6.54 Å². The number of imidazole rings is 1. The van der Waals surface area contributed by atoms with E-state index in [9.17, 15) is 4.39 Å². The third-order valence-corrected chi connectivity index (χ3v) is 2.93. The van der Waals surface area contributed by atoms with Crippen LogP contribution in [-0.4, -0.2) is 9.55 Å². The average molecular weight is 253 g/mol. The Labute approximate surface area is 105 Å². The number of hydrogen-bond acceptors (Lipinski definition) is 1. The molecule has 0 aliphatic heterocycles. The molecule has 0 fully saturated rings. The predicted octanol–water partition coefficient (Wildman–Crippen LogP) is 3.85. The molecule has 0 unspecified atom stereocenters. The van der Waals surface area contributed by atoms with Gasteiger partial charge >= 0.3 is 0 Å². The second kappa shape index (κ2) is 4.88. The van der Waals surface area contributed by atoms with E-state index in [-0.39, 0.29) is 10.8 Å². The Balaban J connectivity index is 2.32. The van der Waals surface area contributed by atoms with Crippen molar-refractivity contribution in [3.63, 3.8) is 0 Å². The van der Waals surface area contributed by atoms with Gasteiger partial charge in [0.05, 0.1) is 11.6 Å². The Morgan fingerprint density at radius 3 is 2.88 bits per heavy atom. The van der Waals surface area contributed by atoms with Crippen molar-refractivity contribution < 1.29 is 4.39 Å². The first-order chi connectivity index (χ1) is 8.09. The van der Waals surface area contributed by atoms with Gasteiger partial charge in [-0.05, 0) is 6.07 Å². The van der Waals surface area contributed by atoms with E-state index in [1.807, 2.05) is 10.8 Å². The summed E-state index contributed by atoms with van der Waals surface area (Å²) in [6.45, 7) is 4.58. The minimum absolute atomic E-state index is 0.161. The van der Waals surface area contributed by atoms with Crippen LogP contribution in [0.5, 0.6) is 0 Å². The Kier molecular flexibility index (Phi) is 3.48. The molecule has 0 spiro atoms. The van der Waals surface area contributed by atoms with Gasteiger partial charge in [0.1, 0.15) is 11.6 Å². The van der Waals surface area contributed by atoms with Gasteiger partial charge in [-0.2, -0.15) is 0 Å². The monoisotopic (exact) mass is 252 g/mol. The fourth-order valence-corrected chi connectivity index (χ4v) is 2.00. The quantitative estimate of drug-likeness (QED) is 0.811. The Morgan fingerprint density at radius 2 is 2.18 bits per heavy atom. The lowest BCUT2D eigenvalue weighted by molar-refractivity contribution is 0.589. The highest BCUT2D eigenvalue weighted by Crippen LogP contribution is 2.20. The first-order valence-corrected chi connectivity index (χ1v) is 5.91. The normalized spacial score (nSPS) is 11.1. The van der Waals surface area contributed by atoms with Crippen molar-refractivity contribution in [1.29, 1.82) is 0 Å². The highest BCUT2D eigenvalue weighted by Gasteiger charge is 2.11. The maximum absolute atomic E-state index is 13.8. The van der Waals surface area contributed by atoms with Gasteiger partial charge < -0.3 is 4.57 Å². The van der Waals surface area contributed by atoms with E-state index in [1.54, 1.807) is 24.4 Å². The van der Waals surface area contributed by atoms with Crippen molar-refractivity contribution in [3.8, 4) is 0 Å². The summed E-state index contributed by atoms with van der Waals surface area (Å²) in [6.07, 6.45) is 3.59. The molecule has 4 heteroatoms. The van der Waals surface area contributed by atoms with E-state index in [0.29, 0.717) is 18.0 Å². The molecule has 1 aromatic heterocycles. The van der Waals surface area contributed by atoms with Gasteiger partial charge in [-0.3, -0.25) is 0 Å². The molecule has 0 aliphatic rings. The predicted molar refractivity (Wildman–Crippen MR) is 66.8 cm³/mol. The second-order valence-corrected chi connectivity index (χ2v) is 4.69. The van der Waals surface area contributed by atoms with Crippen molar-refractivity contribution in [2.45, 2.75) is 26.3 Å². The minimum Gasteiger partial charge on any atom is -0.330 e. The van der Waals surface area contributed by atoms with Crippen LogP contribution >= 0.6 is 11.6 Å². The van der Waals surface area contributed by atoms with Gasteiger partial charge in [0.25, 0.3) is 0 Å². The van der Waals surface area contributed by atoms with Gasteiger partial charge in [0.2, 0.25) is 0 Å². The average Bonchev–Trinajstić information content (AvgIpc) is 2.73. The van der Waals surface area contributed by atoms with E-state index in [2.05, 4.69) is 18.8 Å². The lowest BCUT2D eigenvalue weighted by atomic mass is 10.2. The van der Waals surface area contributed by atoms with Crippen LogP contribution in [0, 0.1) is 5.82 Å². The molecule has 2 rings (SSSR count). The molecule has 2 nitrogen and oxygen atoms in total. The summed E-state index contributed by atoms with van der Waals surface area (Å²) in [5.74, 6) is 0.911. The number of hydrogen-bond donors (Lipinski definition) is 0. The smallest absolute Gasteiger partial charge is 0.146 e. The lowest BCUT2D eigenvalue weighted by Gasteiger charge is -2.11. The molecule has 90 valence electrons. The zero-order valence-corrected chi connectivity index (χ0v) is 10.6. The summed E-state index contributed by atoms with van der Waals surface area (Å²) in [6, 6.07) is 5.05. The van der Waals surface area contributed by atoms with Crippen LogP contribution in [0.1, 0.15) is 31.2 Å². The minimum atomic E-state index is -0.349. The summed E-state index contributed by atoms with van der Waals surface area (Å²) < 4.78 is 15.7. The summed E-state index contributed by atoms with van der Waals surface area (Å²) in [4.78, 5) is 4.27. The van der Waals surface area contributed by atoms with Gasteiger partial charge in [-0.15, -0.1) is 0 Å². The molecule has 0 aliphatic carbocycles. The maximum atomic E-state index is 13.8. The summed E-state index contributed by atoms with van der Waals surface area (Å²) in [5, 5.41) is 0.161. The Morgan fingerprint density at radius 1 is 1.41 bits per heavy atom. The van der Waals surface area contributed by atoms with E-state index >= 15 is 0 Å². The van der Waals surface area contributed by atoms with Crippen molar-refractivity contribution in [2.24, 2.45) is 0 Å². The second-order valence-electron chi connectivity index (χ2n) is 4.28. The molecule has 0 bridgehead atoms. The van der Waals surface area contributed by atoms with E-state index in [4.69, 9.17) is 11.6 Å². The fraction of sp³-hybridized carbons (Fsp3) is 0.308. The molecular formula is C13H14ClFN2. The Hall–Kier alpha value is -1.35. The molecule has 1 heterocycles. The molecule has 0 N–H and O–H groups in total. The van der Waals surface area contributed by atoms with Crippen LogP contribution in [0.15, 0.2) is 30.6 Å². The molecule has 17 heavy (non-hydrogen) atoms. The Bertz CT molecular complexity index is 520. The first kappa shape index (κ1) is 12.1. The van der Waals surface area contributed by atoms with Gasteiger partial charge in [-0.25, -0.2) is 9.37 Å². The lowest BCUT2D eigenvalue weighted by Crippen LogP contribution is -2.07. The third kappa shape index (κ3) is 2.50. The highest BCUT2D eigenvalue weighted by molar-refractivity contribution is 6.30. The standard InChI is InChI=1S/C13H14ClFN2/c1-9(2)13-16-6-7-17(13)8-10-4-3-5-11(14)12(10)15/h3-7,9H,8H2,1-2H3. The largest absolute Gasteiger partial charge is 0.330 e. The van der Waals surface area contributed by atoms with Crippen LogP contribution in [0.25, 0.3) is 0 Å². The molecule has 0 saturated heterocycles. The van der Waals surface area contributed by atoms with Crippen molar-refractivity contribution in [3.05, 3.63) is 52.8 Å². The molecule has 0 atom stereocenters. The van der Waals surface area contributed by atoms with E-state index in [1.165, 1.54) is 0 Å². The number of halogens is 2. The number of benzene rings is 1. The third-order valence-electron chi connectivity index (χ3n) is 2.64. The van der Waals surface area contributed by atoms with Crippen LogP contribution in [0.2, 0.25) is 5.02 Å².